The molecule has 0 spiro atoms. The molecule has 9 heteroatoms. The Labute approximate surface area is 184 Å². The number of benzene rings is 1. The second-order valence-electron chi connectivity index (χ2n) is 7.86. The summed E-state index contributed by atoms with van der Waals surface area (Å²) >= 11 is 0. The molecule has 0 fully saturated rings. The van der Waals surface area contributed by atoms with Crippen LogP contribution in [0.1, 0.15) is 49.8 Å². The van der Waals surface area contributed by atoms with Crippen LogP contribution >= 0.6 is 0 Å². The fourth-order valence-electron chi connectivity index (χ4n) is 3.72. The van der Waals surface area contributed by atoms with Crippen LogP contribution in [0.2, 0.25) is 0 Å². The Morgan fingerprint density at radius 1 is 1.13 bits per heavy atom. The number of aromatic nitrogens is 1. The largest absolute Gasteiger partial charge is 0.486 e. The van der Waals surface area contributed by atoms with E-state index in [0.717, 1.165) is 5.56 Å². The number of nitrogens with zero attached hydrogens (tertiary/aromatic N) is 2. The van der Waals surface area contributed by atoms with E-state index >= 15 is 0 Å². The van der Waals surface area contributed by atoms with E-state index < -0.39 is 10.0 Å². The maximum absolute atomic E-state index is 13.1. The zero-order valence-electron chi connectivity index (χ0n) is 18.7. The predicted octanol–water partition coefficient (Wildman–Crippen LogP) is 2.95. The SMILES string of the molecule is CCN(CC)S(=O)(=O)c1cc(C(=O)NC(c2ccc3c(c2)OCCO3)C(C)C)n(C)c1. The lowest BCUT2D eigenvalue weighted by atomic mass is 9.95. The van der Waals surface area contributed by atoms with Crippen LogP contribution in [0.25, 0.3) is 0 Å². The summed E-state index contributed by atoms with van der Waals surface area (Å²) in [5, 5.41) is 3.05. The summed E-state index contributed by atoms with van der Waals surface area (Å²) in [5.74, 6) is 1.12. The first-order valence-electron chi connectivity index (χ1n) is 10.6. The van der Waals surface area contributed by atoms with E-state index in [1.54, 1.807) is 25.5 Å². The van der Waals surface area contributed by atoms with E-state index in [2.05, 4.69) is 5.32 Å². The number of amides is 1. The first-order chi connectivity index (χ1) is 14.7. The maximum Gasteiger partial charge on any atom is 0.268 e. The Kier molecular flexibility index (Phi) is 6.96. The Morgan fingerprint density at radius 2 is 1.77 bits per heavy atom. The minimum atomic E-state index is -3.64. The summed E-state index contributed by atoms with van der Waals surface area (Å²) in [6.07, 6.45) is 1.48. The van der Waals surface area contributed by atoms with Crippen molar-refractivity contribution >= 4 is 15.9 Å². The third-order valence-corrected chi connectivity index (χ3v) is 7.45. The van der Waals surface area contributed by atoms with E-state index in [1.165, 1.54) is 16.6 Å². The summed E-state index contributed by atoms with van der Waals surface area (Å²) in [5.41, 5.74) is 1.19. The molecule has 2 aromatic rings. The molecule has 1 N–H and O–H groups in total. The molecule has 1 aliphatic rings. The van der Waals surface area contributed by atoms with Crippen molar-refractivity contribution in [1.29, 1.82) is 0 Å². The van der Waals surface area contributed by atoms with Gasteiger partial charge in [-0.05, 0) is 29.7 Å². The molecule has 1 atom stereocenters. The number of hydrogen-bond donors (Lipinski definition) is 1. The van der Waals surface area contributed by atoms with Crippen molar-refractivity contribution in [2.45, 2.75) is 38.6 Å². The molecular weight excluding hydrogens is 418 g/mol. The lowest BCUT2D eigenvalue weighted by Crippen LogP contribution is -2.33. The third kappa shape index (κ3) is 4.72. The van der Waals surface area contributed by atoms with Gasteiger partial charge >= 0.3 is 0 Å². The van der Waals surface area contributed by atoms with Crippen LogP contribution in [0.3, 0.4) is 0 Å². The molecule has 0 radical (unpaired) electrons. The number of nitrogens with one attached hydrogen (secondary N) is 1. The molecule has 0 saturated carbocycles. The number of hydrogen-bond acceptors (Lipinski definition) is 5. The van der Waals surface area contributed by atoms with E-state index in [1.807, 2.05) is 32.0 Å². The topological polar surface area (TPSA) is 89.9 Å². The molecule has 1 amide bonds. The molecule has 170 valence electrons. The number of fused-ring (bicyclic) bond motifs is 1. The summed E-state index contributed by atoms with van der Waals surface area (Å²) in [6, 6.07) is 6.81. The van der Waals surface area contributed by atoms with Crippen LogP contribution in [-0.2, 0) is 17.1 Å². The van der Waals surface area contributed by atoms with Crippen LogP contribution in [0.4, 0.5) is 0 Å². The van der Waals surface area contributed by atoms with Crippen LogP contribution in [0, 0.1) is 5.92 Å². The van der Waals surface area contributed by atoms with E-state index in [9.17, 15) is 13.2 Å². The lowest BCUT2D eigenvalue weighted by molar-refractivity contribution is 0.0917. The summed E-state index contributed by atoms with van der Waals surface area (Å²) in [6.45, 7) is 9.36. The molecule has 3 rings (SSSR count). The van der Waals surface area contributed by atoms with Crippen LogP contribution < -0.4 is 14.8 Å². The van der Waals surface area contributed by atoms with Crippen molar-refractivity contribution in [2.75, 3.05) is 26.3 Å². The quantitative estimate of drug-likeness (QED) is 0.669. The number of carbonyl (C=O) groups excluding carboxylic acids is 1. The highest BCUT2D eigenvalue weighted by molar-refractivity contribution is 7.89. The Hall–Kier alpha value is -2.52. The second kappa shape index (κ2) is 9.32. The number of carbonyl (C=O) groups is 1. The van der Waals surface area contributed by atoms with Gasteiger partial charge in [-0.1, -0.05) is 33.8 Å². The zero-order valence-corrected chi connectivity index (χ0v) is 19.5. The van der Waals surface area contributed by atoms with Crippen LogP contribution in [-0.4, -0.2) is 49.5 Å². The van der Waals surface area contributed by atoms with Gasteiger partial charge < -0.3 is 19.4 Å². The highest BCUT2D eigenvalue weighted by Gasteiger charge is 2.27. The van der Waals surface area contributed by atoms with Gasteiger partial charge in [-0.25, -0.2) is 8.42 Å². The number of ether oxygens (including phenoxy) is 2. The lowest BCUT2D eigenvalue weighted by Gasteiger charge is -2.25. The molecule has 2 heterocycles. The standard InChI is InChI=1S/C22H31N3O5S/c1-6-25(7-2)31(27,28)17-13-18(24(5)14-17)22(26)23-21(15(3)4)16-8-9-19-20(12-16)30-11-10-29-19/h8-9,12-15,21H,6-7,10-11H2,1-5H3,(H,23,26). The van der Waals surface area contributed by atoms with E-state index in [-0.39, 0.29) is 28.5 Å². The van der Waals surface area contributed by atoms with Gasteiger partial charge in [0.05, 0.1) is 6.04 Å². The monoisotopic (exact) mass is 449 g/mol. The predicted molar refractivity (Wildman–Crippen MR) is 118 cm³/mol. The Morgan fingerprint density at radius 3 is 2.39 bits per heavy atom. The molecular formula is C22H31N3O5S. The van der Waals surface area contributed by atoms with Gasteiger partial charge in [-0.2, -0.15) is 4.31 Å². The molecule has 0 saturated heterocycles. The summed E-state index contributed by atoms with van der Waals surface area (Å²) in [7, 11) is -1.97. The molecule has 1 aromatic carbocycles. The zero-order chi connectivity index (χ0) is 22.8. The minimum Gasteiger partial charge on any atom is -0.486 e. The Bertz CT molecular complexity index is 1040. The molecule has 31 heavy (non-hydrogen) atoms. The number of rotatable bonds is 8. The maximum atomic E-state index is 13.1. The van der Waals surface area contributed by atoms with Gasteiger partial charge in [0.15, 0.2) is 11.5 Å². The fraction of sp³-hybridized carbons (Fsp3) is 0.500. The smallest absolute Gasteiger partial charge is 0.268 e. The number of aryl methyl sites for hydroxylation is 1. The van der Waals surface area contributed by atoms with Gasteiger partial charge in [-0.3, -0.25) is 4.79 Å². The second-order valence-corrected chi connectivity index (χ2v) is 9.80. The average molecular weight is 450 g/mol. The van der Waals surface area contributed by atoms with Crippen molar-refractivity contribution < 1.29 is 22.7 Å². The van der Waals surface area contributed by atoms with E-state index in [0.29, 0.717) is 37.8 Å². The van der Waals surface area contributed by atoms with Gasteiger partial charge in [0.1, 0.15) is 23.8 Å². The molecule has 8 nitrogen and oxygen atoms in total. The van der Waals surface area contributed by atoms with Gasteiger partial charge in [0.2, 0.25) is 10.0 Å². The first kappa shape index (κ1) is 23.1. The minimum absolute atomic E-state index is 0.102. The number of sulfonamides is 1. The normalized spacial score (nSPS) is 14.7. The molecule has 0 bridgehead atoms. The van der Waals surface area contributed by atoms with Crippen molar-refractivity contribution in [3.05, 3.63) is 41.7 Å². The van der Waals surface area contributed by atoms with Crippen molar-refractivity contribution in [1.82, 2.24) is 14.2 Å². The van der Waals surface area contributed by atoms with Crippen LogP contribution in [0.15, 0.2) is 35.4 Å². The van der Waals surface area contributed by atoms with Crippen LogP contribution in [0.5, 0.6) is 11.5 Å². The third-order valence-electron chi connectivity index (χ3n) is 5.43. The Balaban J connectivity index is 1.86. The van der Waals surface area contributed by atoms with Gasteiger partial charge in [0.25, 0.3) is 5.91 Å². The summed E-state index contributed by atoms with van der Waals surface area (Å²) < 4.78 is 39.8. The van der Waals surface area contributed by atoms with Crippen molar-refractivity contribution in [3.63, 3.8) is 0 Å². The molecule has 1 unspecified atom stereocenters. The molecule has 1 aliphatic heterocycles. The van der Waals surface area contributed by atoms with E-state index in [4.69, 9.17) is 9.47 Å². The molecule has 1 aromatic heterocycles. The summed E-state index contributed by atoms with van der Waals surface area (Å²) in [4.78, 5) is 13.2. The first-order valence-corrected chi connectivity index (χ1v) is 12.0. The highest BCUT2D eigenvalue weighted by atomic mass is 32.2. The average Bonchev–Trinajstić information content (AvgIpc) is 3.14. The highest BCUT2D eigenvalue weighted by Crippen LogP contribution is 2.34. The van der Waals surface area contributed by atoms with Gasteiger partial charge in [0, 0.05) is 26.3 Å². The fourth-order valence-corrected chi connectivity index (χ4v) is 5.25. The van der Waals surface area contributed by atoms with Gasteiger partial charge in [-0.15, -0.1) is 0 Å². The van der Waals surface area contributed by atoms with Crippen molar-refractivity contribution in [3.8, 4) is 11.5 Å². The molecule has 0 aliphatic carbocycles. The van der Waals surface area contributed by atoms with Crippen molar-refractivity contribution in [2.24, 2.45) is 13.0 Å².